The number of carbonyl (C=O) groups excluding carboxylic acids is 4. The number of Topliss-reactive ketones (excluding diaryl/α,β-unsaturated/α-hetero) is 1. The molecule has 12 heteroatoms. The fourth-order valence-corrected chi connectivity index (χ4v) is 4.59. The van der Waals surface area contributed by atoms with Crippen molar-refractivity contribution in [2.45, 2.75) is 65.6 Å². The molecule has 0 bridgehead atoms. The van der Waals surface area contributed by atoms with Gasteiger partial charge in [0, 0.05) is 26.3 Å². The number of hydrogen-bond acceptors (Lipinski definition) is 8. The minimum absolute atomic E-state index is 0.0108. The Morgan fingerprint density at radius 3 is 2.17 bits per heavy atom. The van der Waals surface area contributed by atoms with Crippen LogP contribution in [0.15, 0.2) is 72.8 Å². The van der Waals surface area contributed by atoms with E-state index in [1.807, 2.05) is 86.6 Å². The molecule has 3 aromatic carbocycles. The van der Waals surface area contributed by atoms with Gasteiger partial charge >= 0.3 is 6.03 Å². The number of hydroxylamine groups is 1. The van der Waals surface area contributed by atoms with E-state index in [9.17, 15) is 19.2 Å². The zero-order valence-corrected chi connectivity index (χ0v) is 27.7. The first-order valence-corrected chi connectivity index (χ1v) is 15.6. The normalized spacial score (nSPS) is 12.0. The molecule has 3 rings (SSSR count). The Bertz CT molecular complexity index is 1450. The fraction of sp³-hybridized carbons (Fsp3) is 0.429. The molecule has 0 spiro atoms. The van der Waals surface area contributed by atoms with Gasteiger partial charge in [0.15, 0.2) is 24.7 Å². The average Bonchev–Trinajstić information content (AvgIpc) is 3.05. The summed E-state index contributed by atoms with van der Waals surface area (Å²) in [4.78, 5) is 59.4. The molecule has 3 aromatic rings. The molecule has 1 atom stereocenters. The highest BCUT2D eigenvalue weighted by atomic mass is 16.7. The molecule has 47 heavy (non-hydrogen) atoms. The molecule has 254 valence electrons. The quantitative estimate of drug-likeness (QED) is 0.107. The van der Waals surface area contributed by atoms with Crippen LogP contribution in [0.3, 0.4) is 0 Å². The number of nitrogens with zero attached hydrogens (tertiary/aromatic N) is 1. The molecule has 12 nitrogen and oxygen atoms in total. The molecule has 3 N–H and O–H groups in total. The van der Waals surface area contributed by atoms with Crippen LogP contribution in [-0.2, 0) is 46.5 Å². The summed E-state index contributed by atoms with van der Waals surface area (Å²) >= 11 is 0. The first-order valence-electron chi connectivity index (χ1n) is 15.6. The first kappa shape index (κ1) is 37.1. The SMILES string of the molecule is CCOC(CN(Cc1cccc2ccccc12)C(=O)C(NC(=O)CONC(=O)NCc1ccccc1)C(=O)COC(C)(C)C)OCC. The molecule has 0 aliphatic carbocycles. The molecule has 0 saturated heterocycles. The molecule has 0 heterocycles. The van der Waals surface area contributed by atoms with Gasteiger partial charge in [-0.15, -0.1) is 0 Å². The predicted octanol–water partition coefficient (Wildman–Crippen LogP) is 3.87. The van der Waals surface area contributed by atoms with Gasteiger partial charge < -0.3 is 29.7 Å². The summed E-state index contributed by atoms with van der Waals surface area (Å²) in [5.74, 6) is -2.13. The molecular weight excluding hydrogens is 604 g/mol. The third kappa shape index (κ3) is 12.7. The number of benzene rings is 3. The summed E-state index contributed by atoms with van der Waals surface area (Å²) in [6, 6.07) is 20.5. The lowest BCUT2D eigenvalue weighted by atomic mass is 10.0. The lowest BCUT2D eigenvalue weighted by Crippen LogP contribution is -2.56. The van der Waals surface area contributed by atoms with E-state index in [4.69, 9.17) is 19.0 Å². The van der Waals surface area contributed by atoms with Crippen molar-refractivity contribution in [3.05, 3.63) is 83.9 Å². The van der Waals surface area contributed by atoms with E-state index in [1.54, 1.807) is 20.8 Å². The van der Waals surface area contributed by atoms with Crippen LogP contribution < -0.4 is 16.1 Å². The van der Waals surface area contributed by atoms with Gasteiger partial charge in [0.05, 0.1) is 12.1 Å². The number of nitrogens with one attached hydrogen (secondary N) is 3. The maximum atomic E-state index is 14.2. The summed E-state index contributed by atoms with van der Waals surface area (Å²) in [7, 11) is 0. The smallest absolute Gasteiger partial charge is 0.338 e. The Balaban J connectivity index is 1.79. The van der Waals surface area contributed by atoms with Crippen LogP contribution in [0.25, 0.3) is 10.8 Å². The summed E-state index contributed by atoms with van der Waals surface area (Å²) in [6.45, 7) is 8.90. The van der Waals surface area contributed by atoms with Crippen molar-refractivity contribution in [1.82, 2.24) is 21.0 Å². The number of fused-ring (bicyclic) bond motifs is 1. The van der Waals surface area contributed by atoms with Gasteiger partial charge in [-0.05, 0) is 56.5 Å². The number of ether oxygens (including phenoxy) is 3. The summed E-state index contributed by atoms with van der Waals surface area (Å²) in [5.41, 5.74) is 3.17. The number of carbonyl (C=O) groups is 4. The molecule has 0 fully saturated rings. The van der Waals surface area contributed by atoms with Gasteiger partial charge in [-0.1, -0.05) is 72.8 Å². The number of urea groups is 1. The summed E-state index contributed by atoms with van der Waals surface area (Å²) in [6.07, 6.45) is -0.775. The van der Waals surface area contributed by atoms with Gasteiger partial charge in [-0.2, -0.15) is 0 Å². The van der Waals surface area contributed by atoms with E-state index in [0.29, 0.717) is 13.2 Å². The highest BCUT2D eigenvalue weighted by molar-refractivity contribution is 6.08. The summed E-state index contributed by atoms with van der Waals surface area (Å²) in [5, 5.41) is 7.02. The van der Waals surface area contributed by atoms with Crippen molar-refractivity contribution in [2.24, 2.45) is 0 Å². The van der Waals surface area contributed by atoms with Crippen molar-refractivity contribution < 1.29 is 38.2 Å². The minimum atomic E-state index is -1.61. The van der Waals surface area contributed by atoms with E-state index in [0.717, 1.165) is 21.9 Å². The van der Waals surface area contributed by atoms with Crippen LogP contribution in [0.2, 0.25) is 0 Å². The first-order chi connectivity index (χ1) is 22.5. The van der Waals surface area contributed by atoms with Crippen molar-refractivity contribution >= 4 is 34.4 Å². The number of ketones is 1. The molecule has 1 unspecified atom stereocenters. The van der Waals surface area contributed by atoms with Crippen molar-refractivity contribution in [3.8, 4) is 0 Å². The fourth-order valence-electron chi connectivity index (χ4n) is 4.59. The number of amides is 4. The Morgan fingerprint density at radius 2 is 1.49 bits per heavy atom. The molecule has 0 aromatic heterocycles. The van der Waals surface area contributed by atoms with E-state index < -0.39 is 54.8 Å². The zero-order chi connectivity index (χ0) is 34.2. The van der Waals surface area contributed by atoms with Crippen LogP contribution in [0.4, 0.5) is 4.79 Å². The maximum absolute atomic E-state index is 14.2. The lowest BCUT2D eigenvalue weighted by molar-refractivity contribution is -0.163. The van der Waals surface area contributed by atoms with Gasteiger partial charge in [-0.3, -0.25) is 19.2 Å². The van der Waals surface area contributed by atoms with Crippen LogP contribution >= 0.6 is 0 Å². The largest absolute Gasteiger partial charge is 0.368 e. The lowest BCUT2D eigenvalue weighted by Gasteiger charge is -2.31. The van der Waals surface area contributed by atoms with E-state index in [1.165, 1.54) is 4.90 Å². The molecule has 4 amide bonds. The van der Waals surface area contributed by atoms with E-state index >= 15 is 0 Å². The molecule has 0 aliphatic rings. The van der Waals surface area contributed by atoms with E-state index in [-0.39, 0.29) is 19.6 Å². The number of hydrogen-bond donors (Lipinski definition) is 3. The van der Waals surface area contributed by atoms with Crippen LogP contribution in [0.1, 0.15) is 45.7 Å². The van der Waals surface area contributed by atoms with Gasteiger partial charge in [-0.25, -0.2) is 10.3 Å². The Labute approximate surface area is 276 Å². The van der Waals surface area contributed by atoms with Crippen molar-refractivity contribution in [1.29, 1.82) is 0 Å². The van der Waals surface area contributed by atoms with Crippen LogP contribution in [0, 0.1) is 0 Å². The monoisotopic (exact) mass is 650 g/mol. The number of rotatable bonds is 18. The Hall–Kier alpha value is -4.36. The highest BCUT2D eigenvalue weighted by Gasteiger charge is 2.34. The van der Waals surface area contributed by atoms with Gasteiger partial charge in [0.25, 0.3) is 5.91 Å². The van der Waals surface area contributed by atoms with Gasteiger partial charge in [0.2, 0.25) is 5.91 Å². The standard InChI is InChI=1S/C35H46N4O8/c1-6-44-31(45-7-2)22-39(21-27-18-13-17-26-16-11-12-19-28(26)27)33(42)32(29(40)23-46-35(3,4)5)37-30(41)24-47-38-34(43)36-20-25-14-9-8-10-15-25/h8-19,31-32H,6-7,20-24H2,1-5H3,(H,37,41)(H2,36,38,43). The van der Waals surface area contributed by atoms with Crippen molar-refractivity contribution in [2.75, 3.05) is 33.0 Å². The third-order valence-corrected chi connectivity index (χ3v) is 6.81. The Kier molecular flexibility index (Phi) is 14.8. The molecule has 0 aliphatic heterocycles. The maximum Gasteiger partial charge on any atom is 0.338 e. The molecular formula is C35H46N4O8. The Morgan fingerprint density at radius 1 is 0.830 bits per heavy atom. The second-order valence-corrected chi connectivity index (χ2v) is 11.6. The predicted molar refractivity (Wildman–Crippen MR) is 177 cm³/mol. The zero-order valence-electron chi connectivity index (χ0n) is 27.7. The van der Waals surface area contributed by atoms with Crippen LogP contribution in [-0.4, -0.2) is 79.4 Å². The van der Waals surface area contributed by atoms with Gasteiger partial charge in [0.1, 0.15) is 6.61 Å². The third-order valence-electron chi connectivity index (χ3n) is 6.81. The second kappa shape index (κ2) is 18.7. The van der Waals surface area contributed by atoms with Crippen molar-refractivity contribution in [3.63, 3.8) is 0 Å². The topological polar surface area (TPSA) is 145 Å². The molecule has 0 radical (unpaired) electrons. The highest BCUT2D eigenvalue weighted by Crippen LogP contribution is 2.21. The summed E-state index contributed by atoms with van der Waals surface area (Å²) < 4.78 is 17.2. The average molecular weight is 651 g/mol. The second-order valence-electron chi connectivity index (χ2n) is 11.6. The van der Waals surface area contributed by atoms with E-state index in [2.05, 4.69) is 16.1 Å². The molecule has 0 saturated carbocycles. The minimum Gasteiger partial charge on any atom is -0.368 e. The van der Waals surface area contributed by atoms with Crippen LogP contribution in [0.5, 0.6) is 0 Å².